The number of piperidine rings is 1. The first-order valence-corrected chi connectivity index (χ1v) is 9.26. The first-order valence-electron chi connectivity index (χ1n) is 9.26. The standard InChI is InChI=1S/C20H30N4O3/c1-6-27-16-9-7-14(8-10-16)13-21-23-18(26)17(25)22-15-11-19(2,3)24-20(4,5)12-15/h7-10,13,15,24H,6,11-12H2,1-5H3,(H,22,25)(H,23,26)/b21-13-. The lowest BCUT2D eigenvalue weighted by atomic mass is 9.79. The molecule has 3 N–H and O–H groups in total. The zero-order valence-corrected chi connectivity index (χ0v) is 16.8. The zero-order valence-electron chi connectivity index (χ0n) is 16.8. The van der Waals surface area contributed by atoms with Crippen LogP contribution in [-0.4, -0.2) is 41.8 Å². The van der Waals surface area contributed by atoms with E-state index in [9.17, 15) is 9.59 Å². The van der Waals surface area contributed by atoms with E-state index in [0.29, 0.717) is 6.61 Å². The molecule has 7 nitrogen and oxygen atoms in total. The first kappa shape index (κ1) is 20.9. The Bertz CT molecular complexity index is 680. The topological polar surface area (TPSA) is 91.8 Å². The molecule has 1 heterocycles. The third-order valence-electron chi connectivity index (χ3n) is 4.30. The van der Waals surface area contributed by atoms with E-state index in [2.05, 4.69) is 48.9 Å². The minimum Gasteiger partial charge on any atom is -0.494 e. The summed E-state index contributed by atoms with van der Waals surface area (Å²) in [6, 6.07) is 7.21. The van der Waals surface area contributed by atoms with Crippen molar-refractivity contribution in [3.63, 3.8) is 0 Å². The fraction of sp³-hybridized carbons (Fsp3) is 0.550. The normalized spacial score (nSPS) is 18.9. The molecule has 1 aromatic carbocycles. The van der Waals surface area contributed by atoms with Gasteiger partial charge < -0.3 is 15.4 Å². The third kappa shape index (κ3) is 6.67. The molecule has 0 saturated carbocycles. The van der Waals surface area contributed by atoms with Crippen LogP contribution in [-0.2, 0) is 9.59 Å². The molecule has 7 heteroatoms. The summed E-state index contributed by atoms with van der Waals surface area (Å²) in [4.78, 5) is 24.2. The monoisotopic (exact) mass is 374 g/mol. The molecule has 0 unspecified atom stereocenters. The lowest BCUT2D eigenvalue weighted by Gasteiger charge is -2.46. The van der Waals surface area contributed by atoms with Gasteiger partial charge in [0.05, 0.1) is 12.8 Å². The molecule has 27 heavy (non-hydrogen) atoms. The Morgan fingerprint density at radius 3 is 2.30 bits per heavy atom. The second-order valence-electron chi connectivity index (χ2n) is 8.17. The molecule has 2 rings (SSSR count). The minimum atomic E-state index is -0.772. The van der Waals surface area contributed by atoms with Gasteiger partial charge >= 0.3 is 11.8 Å². The number of hydrazone groups is 1. The van der Waals surface area contributed by atoms with Crippen LogP contribution in [0.15, 0.2) is 29.4 Å². The van der Waals surface area contributed by atoms with Crippen molar-refractivity contribution in [3.8, 4) is 5.75 Å². The van der Waals surface area contributed by atoms with Gasteiger partial charge in [-0.25, -0.2) is 5.43 Å². The van der Waals surface area contributed by atoms with E-state index in [-0.39, 0.29) is 17.1 Å². The third-order valence-corrected chi connectivity index (χ3v) is 4.30. The lowest BCUT2D eigenvalue weighted by Crippen LogP contribution is -2.62. The number of benzene rings is 1. The molecule has 0 bridgehead atoms. The van der Waals surface area contributed by atoms with Crippen LogP contribution in [0.5, 0.6) is 5.75 Å². The number of hydrogen-bond donors (Lipinski definition) is 3. The van der Waals surface area contributed by atoms with Gasteiger partial charge in [-0.05, 0) is 77.3 Å². The molecule has 0 atom stereocenters. The van der Waals surface area contributed by atoms with Gasteiger partial charge in [0.2, 0.25) is 0 Å². The van der Waals surface area contributed by atoms with Crippen LogP contribution in [0.1, 0.15) is 53.0 Å². The van der Waals surface area contributed by atoms with Crippen LogP contribution in [0.3, 0.4) is 0 Å². The summed E-state index contributed by atoms with van der Waals surface area (Å²) in [5.41, 5.74) is 2.85. The van der Waals surface area contributed by atoms with Gasteiger partial charge in [-0.1, -0.05) is 0 Å². The second kappa shape index (κ2) is 8.52. The Hall–Kier alpha value is -2.41. The van der Waals surface area contributed by atoms with Crippen molar-refractivity contribution in [3.05, 3.63) is 29.8 Å². The van der Waals surface area contributed by atoms with Crippen molar-refractivity contribution in [1.29, 1.82) is 0 Å². The van der Waals surface area contributed by atoms with E-state index in [1.807, 2.05) is 31.2 Å². The van der Waals surface area contributed by atoms with E-state index in [0.717, 1.165) is 24.2 Å². The lowest BCUT2D eigenvalue weighted by molar-refractivity contribution is -0.140. The van der Waals surface area contributed by atoms with Gasteiger partial charge in [-0.15, -0.1) is 0 Å². The van der Waals surface area contributed by atoms with E-state index >= 15 is 0 Å². The summed E-state index contributed by atoms with van der Waals surface area (Å²) in [7, 11) is 0. The maximum Gasteiger partial charge on any atom is 0.329 e. The predicted octanol–water partition coefficient (Wildman–Crippen LogP) is 1.96. The largest absolute Gasteiger partial charge is 0.494 e. The van der Waals surface area contributed by atoms with E-state index in [4.69, 9.17) is 4.74 Å². The molecular weight excluding hydrogens is 344 g/mol. The average Bonchev–Trinajstić information content (AvgIpc) is 2.53. The summed E-state index contributed by atoms with van der Waals surface area (Å²) in [6.45, 7) is 10.9. The molecule has 1 aromatic rings. The van der Waals surface area contributed by atoms with Crippen LogP contribution in [0.25, 0.3) is 0 Å². The molecule has 0 spiro atoms. The maximum absolute atomic E-state index is 12.2. The number of carbonyl (C=O) groups excluding carboxylic acids is 2. The summed E-state index contributed by atoms with van der Waals surface area (Å²) in [5, 5.41) is 10.2. The van der Waals surface area contributed by atoms with E-state index < -0.39 is 11.8 Å². The van der Waals surface area contributed by atoms with Crippen molar-refractivity contribution in [2.45, 2.75) is 64.6 Å². The van der Waals surface area contributed by atoms with Crippen molar-refractivity contribution in [1.82, 2.24) is 16.1 Å². The number of hydrogen-bond acceptors (Lipinski definition) is 5. The van der Waals surface area contributed by atoms with Gasteiger partial charge in [0.15, 0.2) is 0 Å². The fourth-order valence-electron chi connectivity index (χ4n) is 3.71. The number of nitrogens with zero attached hydrogens (tertiary/aromatic N) is 1. The van der Waals surface area contributed by atoms with Gasteiger partial charge in [0, 0.05) is 17.1 Å². The van der Waals surface area contributed by atoms with Crippen LogP contribution in [0.2, 0.25) is 0 Å². The Labute approximate surface area is 160 Å². The predicted molar refractivity (Wildman–Crippen MR) is 106 cm³/mol. The molecule has 2 amide bonds. The molecule has 148 valence electrons. The number of carbonyl (C=O) groups is 2. The first-order chi connectivity index (χ1) is 12.6. The fourth-order valence-corrected chi connectivity index (χ4v) is 3.71. The molecule has 0 aliphatic carbocycles. The molecule has 1 aliphatic rings. The van der Waals surface area contributed by atoms with Crippen LogP contribution >= 0.6 is 0 Å². The SMILES string of the molecule is CCOc1ccc(/C=N\NC(=O)C(=O)NC2CC(C)(C)NC(C)(C)C2)cc1. The number of nitrogens with one attached hydrogen (secondary N) is 3. The van der Waals surface area contributed by atoms with Crippen LogP contribution in [0.4, 0.5) is 0 Å². The number of rotatable bonds is 5. The second-order valence-corrected chi connectivity index (χ2v) is 8.17. The van der Waals surface area contributed by atoms with Crippen LogP contribution in [0, 0.1) is 0 Å². The van der Waals surface area contributed by atoms with Gasteiger partial charge in [-0.3, -0.25) is 9.59 Å². The molecule has 0 radical (unpaired) electrons. The summed E-state index contributed by atoms with van der Waals surface area (Å²) in [6.07, 6.45) is 2.99. The molecule has 1 aliphatic heterocycles. The average molecular weight is 374 g/mol. The number of ether oxygens (including phenoxy) is 1. The Morgan fingerprint density at radius 1 is 1.15 bits per heavy atom. The van der Waals surface area contributed by atoms with Crippen LogP contribution < -0.4 is 20.8 Å². The van der Waals surface area contributed by atoms with E-state index in [1.165, 1.54) is 6.21 Å². The Balaban J connectivity index is 1.85. The molecule has 1 saturated heterocycles. The van der Waals surface area contributed by atoms with Crippen molar-refractivity contribution < 1.29 is 14.3 Å². The summed E-state index contributed by atoms with van der Waals surface area (Å²) < 4.78 is 5.36. The minimum absolute atomic E-state index is 0.0652. The summed E-state index contributed by atoms with van der Waals surface area (Å²) >= 11 is 0. The number of amides is 2. The van der Waals surface area contributed by atoms with Crippen molar-refractivity contribution in [2.75, 3.05) is 6.61 Å². The highest BCUT2D eigenvalue weighted by Crippen LogP contribution is 2.28. The van der Waals surface area contributed by atoms with Gasteiger partial charge in [0.1, 0.15) is 5.75 Å². The smallest absolute Gasteiger partial charge is 0.329 e. The van der Waals surface area contributed by atoms with Crippen molar-refractivity contribution >= 4 is 18.0 Å². The highest BCUT2D eigenvalue weighted by molar-refractivity contribution is 6.35. The zero-order chi connectivity index (χ0) is 20.1. The van der Waals surface area contributed by atoms with Gasteiger partial charge in [-0.2, -0.15) is 5.10 Å². The molecule has 0 aromatic heterocycles. The highest BCUT2D eigenvalue weighted by atomic mass is 16.5. The van der Waals surface area contributed by atoms with Crippen molar-refractivity contribution in [2.24, 2.45) is 5.10 Å². The van der Waals surface area contributed by atoms with E-state index in [1.54, 1.807) is 0 Å². The quantitative estimate of drug-likeness (QED) is 0.417. The highest BCUT2D eigenvalue weighted by Gasteiger charge is 2.38. The maximum atomic E-state index is 12.2. The van der Waals surface area contributed by atoms with Gasteiger partial charge in [0.25, 0.3) is 0 Å². The Morgan fingerprint density at radius 2 is 1.74 bits per heavy atom. The molecule has 1 fully saturated rings. The summed E-state index contributed by atoms with van der Waals surface area (Å²) in [5.74, 6) is -0.672. The Kier molecular flexibility index (Phi) is 6.59. The molecular formula is C20H30N4O3.